The van der Waals surface area contributed by atoms with Crippen LogP contribution in [0, 0.1) is 0 Å². The van der Waals surface area contributed by atoms with E-state index in [2.05, 4.69) is 9.78 Å². The molecule has 2 aromatic rings. The molecule has 0 saturated carbocycles. The van der Waals surface area contributed by atoms with E-state index < -0.39 is 0 Å². The Morgan fingerprint density at radius 1 is 1.18 bits per heavy atom. The predicted octanol–water partition coefficient (Wildman–Crippen LogP) is 3.33. The van der Waals surface area contributed by atoms with Crippen molar-refractivity contribution in [2.24, 2.45) is 0 Å². The number of aryl methyl sites for hydroxylation is 1. The molecule has 22 heavy (non-hydrogen) atoms. The summed E-state index contributed by atoms with van der Waals surface area (Å²) in [5, 5.41) is 5.63. The van der Waals surface area contributed by atoms with Gasteiger partial charge in [-0.1, -0.05) is 23.2 Å². The highest BCUT2D eigenvalue weighted by Crippen LogP contribution is 2.29. The molecule has 0 bridgehead atoms. The van der Waals surface area contributed by atoms with Gasteiger partial charge in [0.15, 0.2) is 0 Å². The first-order chi connectivity index (χ1) is 10.6. The molecule has 2 aliphatic rings. The van der Waals surface area contributed by atoms with Crippen molar-refractivity contribution in [2.75, 3.05) is 6.54 Å². The number of nitrogens with zero attached hydrogens (tertiary/aromatic N) is 3. The van der Waals surface area contributed by atoms with Crippen molar-refractivity contribution in [3.63, 3.8) is 0 Å². The van der Waals surface area contributed by atoms with E-state index >= 15 is 0 Å². The monoisotopic (exact) mass is 335 g/mol. The van der Waals surface area contributed by atoms with Crippen LogP contribution in [0.5, 0.6) is 0 Å². The maximum Gasteiger partial charge on any atom is 0.255 e. The molecule has 0 atom stereocenters. The van der Waals surface area contributed by atoms with Crippen molar-refractivity contribution in [1.82, 2.24) is 14.7 Å². The van der Waals surface area contributed by atoms with E-state index in [1.807, 2.05) is 4.90 Å². The van der Waals surface area contributed by atoms with Crippen molar-refractivity contribution < 1.29 is 4.79 Å². The molecule has 0 spiro atoms. The summed E-state index contributed by atoms with van der Waals surface area (Å²) in [6, 6.07) is 5.00. The number of carbonyl (C=O) groups is 1. The second-order valence-electron chi connectivity index (χ2n) is 5.80. The molecule has 1 aliphatic heterocycles. The van der Waals surface area contributed by atoms with Crippen LogP contribution in [-0.4, -0.2) is 27.1 Å². The second-order valence-corrected chi connectivity index (χ2v) is 6.64. The van der Waals surface area contributed by atoms with Gasteiger partial charge >= 0.3 is 0 Å². The summed E-state index contributed by atoms with van der Waals surface area (Å²) >= 11 is 12.2. The Labute approximate surface area is 138 Å². The lowest BCUT2D eigenvalue weighted by Gasteiger charge is -2.29. The number of aromatic nitrogens is 2. The van der Waals surface area contributed by atoms with Crippen LogP contribution in [0.1, 0.15) is 33.7 Å². The van der Waals surface area contributed by atoms with Crippen LogP contribution in [0.25, 0.3) is 0 Å². The van der Waals surface area contributed by atoms with Crippen LogP contribution < -0.4 is 0 Å². The normalized spacial score (nSPS) is 16.5. The molecule has 1 amide bonds. The van der Waals surface area contributed by atoms with Gasteiger partial charge in [0, 0.05) is 11.6 Å². The Balaban J connectivity index is 1.64. The van der Waals surface area contributed by atoms with Gasteiger partial charge in [0.25, 0.3) is 5.91 Å². The topological polar surface area (TPSA) is 38.1 Å². The number of rotatable bonds is 1. The lowest BCUT2D eigenvalue weighted by Crippen LogP contribution is -2.39. The van der Waals surface area contributed by atoms with Crippen LogP contribution in [-0.2, 0) is 25.9 Å². The molecule has 0 fully saturated rings. The van der Waals surface area contributed by atoms with E-state index in [4.69, 9.17) is 23.2 Å². The Morgan fingerprint density at radius 2 is 2.05 bits per heavy atom. The van der Waals surface area contributed by atoms with Gasteiger partial charge in [0.1, 0.15) is 0 Å². The maximum atomic E-state index is 12.8. The van der Waals surface area contributed by atoms with Gasteiger partial charge in [0.05, 0.1) is 35.1 Å². The summed E-state index contributed by atoms with van der Waals surface area (Å²) in [6.07, 6.45) is 3.30. The highest BCUT2D eigenvalue weighted by Gasteiger charge is 2.29. The summed E-state index contributed by atoms with van der Waals surface area (Å²) in [7, 11) is 0. The van der Waals surface area contributed by atoms with Crippen molar-refractivity contribution in [3.8, 4) is 0 Å². The zero-order valence-electron chi connectivity index (χ0n) is 12.0. The molecule has 6 heteroatoms. The van der Waals surface area contributed by atoms with E-state index in [0.717, 1.165) is 19.4 Å². The van der Waals surface area contributed by atoms with E-state index in [-0.39, 0.29) is 5.91 Å². The molecule has 1 aromatic carbocycles. The molecule has 4 nitrogen and oxygen atoms in total. The van der Waals surface area contributed by atoms with Gasteiger partial charge in [-0.05, 0) is 43.0 Å². The van der Waals surface area contributed by atoms with Gasteiger partial charge in [-0.2, -0.15) is 5.10 Å². The predicted molar refractivity (Wildman–Crippen MR) is 85.5 cm³/mol. The van der Waals surface area contributed by atoms with Crippen molar-refractivity contribution >= 4 is 29.1 Å². The van der Waals surface area contributed by atoms with Gasteiger partial charge in [0.2, 0.25) is 0 Å². The average Bonchev–Trinajstić information content (AvgIpc) is 3.09. The maximum absolute atomic E-state index is 12.8. The molecule has 0 unspecified atom stereocenters. The first-order valence-corrected chi connectivity index (χ1v) is 8.21. The number of amides is 1. The summed E-state index contributed by atoms with van der Waals surface area (Å²) in [5.41, 5.74) is 4.21. The number of fused-ring (bicyclic) bond motifs is 3. The van der Waals surface area contributed by atoms with Crippen molar-refractivity contribution in [1.29, 1.82) is 0 Å². The second kappa shape index (κ2) is 5.28. The van der Waals surface area contributed by atoms with Crippen LogP contribution in [0.4, 0.5) is 0 Å². The molecule has 0 saturated heterocycles. The number of hydrogen-bond donors (Lipinski definition) is 0. The van der Waals surface area contributed by atoms with Crippen molar-refractivity contribution in [3.05, 3.63) is 50.8 Å². The van der Waals surface area contributed by atoms with E-state index in [1.165, 1.54) is 23.4 Å². The minimum absolute atomic E-state index is 0.0632. The molecule has 4 rings (SSSR count). The SMILES string of the molecule is O=C(c1cc(Cl)ccc1Cl)N1CCn2nc3c(c2C1)CCC3. The lowest BCUT2D eigenvalue weighted by molar-refractivity contribution is 0.0705. The summed E-state index contributed by atoms with van der Waals surface area (Å²) in [5.74, 6) is -0.0632. The largest absolute Gasteiger partial charge is 0.331 e. The van der Waals surface area contributed by atoms with Crippen LogP contribution in [0.2, 0.25) is 10.0 Å². The Morgan fingerprint density at radius 3 is 2.91 bits per heavy atom. The summed E-state index contributed by atoms with van der Waals surface area (Å²) < 4.78 is 2.06. The fourth-order valence-corrected chi connectivity index (χ4v) is 3.72. The Hall–Kier alpha value is -1.52. The molecule has 2 heterocycles. The third-order valence-electron chi connectivity index (χ3n) is 4.46. The first kappa shape index (κ1) is 14.1. The summed E-state index contributed by atoms with van der Waals surface area (Å²) in [4.78, 5) is 14.6. The molecular formula is C16H15Cl2N3O. The van der Waals surface area contributed by atoms with Gasteiger partial charge in [-0.15, -0.1) is 0 Å². The number of halogens is 2. The van der Waals surface area contributed by atoms with Gasteiger partial charge < -0.3 is 4.90 Å². The zero-order chi connectivity index (χ0) is 15.3. The third kappa shape index (κ3) is 2.22. The molecule has 0 radical (unpaired) electrons. The highest BCUT2D eigenvalue weighted by molar-refractivity contribution is 6.35. The van der Waals surface area contributed by atoms with E-state index in [0.29, 0.717) is 28.7 Å². The summed E-state index contributed by atoms with van der Waals surface area (Å²) in [6.45, 7) is 1.99. The molecule has 1 aliphatic carbocycles. The van der Waals surface area contributed by atoms with Gasteiger partial charge in [-0.3, -0.25) is 9.48 Å². The highest BCUT2D eigenvalue weighted by atomic mass is 35.5. The number of hydrogen-bond acceptors (Lipinski definition) is 2. The zero-order valence-corrected chi connectivity index (χ0v) is 13.5. The van der Waals surface area contributed by atoms with Crippen molar-refractivity contribution in [2.45, 2.75) is 32.4 Å². The Kier molecular flexibility index (Phi) is 3.39. The molecule has 1 aromatic heterocycles. The van der Waals surface area contributed by atoms with E-state index in [1.54, 1.807) is 18.2 Å². The third-order valence-corrected chi connectivity index (χ3v) is 5.02. The minimum Gasteiger partial charge on any atom is -0.331 e. The number of benzene rings is 1. The van der Waals surface area contributed by atoms with Gasteiger partial charge in [-0.25, -0.2) is 0 Å². The fourth-order valence-electron chi connectivity index (χ4n) is 3.35. The molecule has 0 N–H and O–H groups in total. The smallest absolute Gasteiger partial charge is 0.255 e. The average molecular weight is 336 g/mol. The van der Waals surface area contributed by atoms with Crippen LogP contribution in [0.15, 0.2) is 18.2 Å². The fraction of sp³-hybridized carbons (Fsp3) is 0.375. The molecule has 114 valence electrons. The van der Waals surface area contributed by atoms with Crippen LogP contribution in [0.3, 0.4) is 0 Å². The first-order valence-electron chi connectivity index (χ1n) is 7.45. The van der Waals surface area contributed by atoms with E-state index in [9.17, 15) is 4.79 Å². The quantitative estimate of drug-likeness (QED) is 0.801. The molecular weight excluding hydrogens is 321 g/mol. The van der Waals surface area contributed by atoms with Crippen LogP contribution >= 0.6 is 23.2 Å². The number of carbonyl (C=O) groups excluding carboxylic acids is 1. The lowest BCUT2D eigenvalue weighted by atomic mass is 10.1. The Bertz CT molecular complexity index is 769. The standard InChI is InChI=1S/C16H15Cl2N3O/c17-10-4-5-13(18)12(8-10)16(22)20-6-7-21-15(9-20)11-2-1-3-14(11)19-21/h4-5,8H,1-3,6-7,9H2. The minimum atomic E-state index is -0.0632.